The summed E-state index contributed by atoms with van der Waals surface area (Å²) in [6.45, 7) is 14.1. The highest BCUT2D eigenvalue weighted by atomic mass is 28.3. The lowest BCUT2D eigenvalue weighted by molar-refractivity contribution is 0.0525. The van der Waals surface area contributed by atoms with Crippen molar-refractivity contribution < 1.29 is 9.53 Å². The van der Waals surface area contributed by atoms with Crippen LogP contribution in [0.25, 0.3) is 17.2 Å². The number of fused-ring (bicyclic) bond motifs is 6. The van der Waals surface area contributed by atoms with Gasteiger partial charge in [-0.15, -0.1) is 0 Å². The maximum absolute atomic E-state index is 12.9. The number of ether oxygens (including phenoxy) is 1. The van der Waals surface area contributed by atoms with Gasteiger partial charge >= 0.3 is 5.97 Å². The second-order valence-corrected chi connectivity index (χ2v) is 20.8. The molecule has 4 aliphatic heterocycles. The predicted molar refractivity (Wildman–Crippen MR) is 200 cm³/mol. The first kappa shape index (κ1) is 32.0. The number of hydrogen-bond donors (Lipinski definition) is 2. The lowest BCUT2D eigenvalue weighted by atomic mass is 9.83. The molecule has 0 radical (unpaired) electrons. The third kappa shape index (κ3) is 6.71. The Morgan fingerprint density at radius 1 is 0.854 bits per heavy atom. The molecule has 2 aromatic carbocycles. The average molecular weight is 653 g/mol. The highest BCUT2D eigenvalue weighted by Crippen LogP contribution is 2.37. The third-order valence-corrected chi connectivity index (χ3v) is 11.3. The Hall–Kier alpha value is -4.59. The van der Waals surface area contributed by atoms with Crippen LogP contribution in [0, 0.1) is 12.3 Å². The fourth-order valence-corrected chi connectivity index (χ4v) is 7.49. The third-order valence-electron chi connectivity index (χ3n) is 9.58. The van der Waals surface area contributed by atoms with Gasteiger partial charge in [0.15, 0.2) is 0 Å². The van der Waals surface area contributed by atoms with E-state index in [1.54, 1.807) is 0 Å². The molecule has 6 nitrogen and oxygen atoms in total. The Kier molecular flexibility index (Phi) is 8.30. The number of aromatic amines is 1. The number of carbonyl (C=O) groups is 1. The molecule has 4 aliphatic rings. The van der Waals surface area contributed by atoms with Crippen LogP contribution < -0.4 is 16.0 Å². The summed E-state index contributed by atoms with van der Waals surface area (Å²) in [4.78, 5) is 27.0. The summed E-state index contributed by atoms with van der Waals surface area (Å²) in [7, 11) is -1.29. The average Bonchev–Trinajstić information content (AvgIpc) is 3.84. The quantitative estimate of drug-likeness (QED) is 0.225. The van der Waals surface area contributed by atoms with Crippen LogP contribution >= 0.6 is 0 Å². The standard InChI is InChI=1S/C41H44N4O2Si/c1-26-7-9-27(10-8-26)38-34-18-16-31(43-34)24-37-41(2,3)25-32(44-37)23-30-15-17-33(42-30)39(36-20-19-35(38)45-36)28-11-13-29(14-12-28)40(46)47-21-22-48(4,5)6/h7-20,23-24,32,37,42,44H,21-22,25H2,1-6H3/b30-23-,31-24-,38-35-,39-33?. The van der Waals surface area contributed by atoms with Crippen LogP contribution in [0.4, 0.5) is 0 Å². The zero-order chi connectivity index (χ0) is 33.6. The number of benzene rings is 2. The molecule has 7 rings (SSSR count). The van der Waals surface area contributed by atoms with Gasteiger partial charge in [0.05, 0.1) is 35.0 Å². The molecule has 5 heterocycles. The minimum atomic E-state index is -1.29. The van der Waals surface area contributed by atoms with E-state index in [4.69, 9.17) is 14.7 Å². The number of nitrogens with zero attached hydrogens (tertiary/aromatic N) is 2. The molecule has 0 amide bonds. The molecule has 0 aliphatic carbocycles. The van der Waals surface area contributed by atoms with Gasteiger partial charge in [-0.05, 0) is 96.7 Å². The minimum Gasteiger partial charge on any atom is -0.462 e. The fraction of sp³-hybridized carbons (Fsp3) is 0.293. The SMILES string of the molecule is Cc1ccc(/C2=C3\C=CC(=N3)C(c3ccc(C(=O)OCC[Si](C)(C)C)cc3)=c3cc/c([nH]3)=C/C3CC(C)(C)C(/C=C4/C=CC2=N4)N3)cc1. The van der Waals surface area contributed by atoms with Crippen molar-refractivity contribution in [2.75, 3.05) is 6.61 Å². The van der Waals surface area contributed by atoms with Crippen molar-refractivity contribution >= 4 is 42.7 Å². The van der Waals surface area contributed by atoms with Gasteiger partial charge in [-0.1, -0.05) is 75.5 Å². The zero-order valence-corrected chi connectivity index (χ0v) is 29.7. The van der Waals surface area contributed by atoms with Crippen LogP contribution in [0.15, 0.2) is 112 Å². The van der Waals surface area contributed by atoms with Crippen molar-refractivity contribution in [1.82, 2.24) is 10.3 Å². The highest BCUT2D eigenvalue weighted by Gasteiger charge is 2.38. The van der Waals surface area contributed by atoms with Gasteiger partial charge in [-0.25, -0.2) is 14.8 Å². The van der Waals surface area contributed by atoms with Crippen molar-refractivity contribution in [1.29, 1.82) is 0 Å². The summed E-state index contributed by atoms with van der Waals surface area (Å²) >= 11 is 0. The molecule has 0 spiro atoms. The Bertz CT molecular complexity index is 2080. The highest BCUT2D eigenvalue weighted by molar-refractivity contribution is 6.76. The molecule has 0 saturated carbocycles. The summed E-state index contributed by atoms with van der Waals surface area (Å²) in [6, 6.07) is 21.9. The normalized spacial score (nSPS) is 24.5. The molecule has 8 bridgehead atoms. The Morgan fingerprint density at radius 3 is 2.29 bits per heavy atom. The first-order valence-electron chi connectivity index (χ1n) is 16.9. The minimum absolute atomic E-state index is 0.0593. The van der Waals surface area contributed by atoms with E-state index in [1.807, 2.05) is 24.3 Å². The van der Waals surface area contributed by atoms with Crippen LogP contribution in [0.5, 0.6) is 0 Å². The van der Waals surface area contributed by atoms with Crippen LogP contribution in [0.3, 0.4) is 0 Å². The van der Waals surface area contributed by atoms with Crippen molar-refractivity contribution in [3.8, 4) is 0 Å². The number of aryl methyl sites for hydroxylation is 1. The molecular weight excluding hydrogens is 609 g/mol. The number of nitrogens with one attached hydrogen (secondary N) is 2. The maximum atomic E-state index is 12.9. The van der Waals surface area contributed by atoms with Crippen LogP contribution in [0.1, 0.15) is 47.3 Å². The van der Waals surface area contributed by atoms with Gasteiger partial charge in [0.25, 0.3) is 0 Å². The molecule has 2 N–H and O–H groups in total. The Balaban J connectivity index is 1.37. The van der Waals surface area contributed by atoms with Crippen LogP contribution in [-0.4, -0.2) is 49.1 Å². The van der Waals surface area contributed by atoms with Gasteiger partial charge in [0.1, 0.15) is 0 Å². The Morgan fingerprint density at radius 2 is 1.54 bits per heavy atom. The molecule has 3 aromatic rings. The summed E-state index contributed by atoms with van der Waals surface area (Å²) < 4.78 is 5.63. The molecule has 1 saturated heterocycles. The van der Waals surface area contributed by atoms with E-state index in [-0.39, 0.29) is 23.5 Å². The molecule has 2 atom stereocenters. The van der Waals surface area contributed by atoms with Gasteiger partial charge in [0.2, 0.25) is 0 Å². The van der Waals surface area contributed by atoms with Gasteiger partial charge in [0, 0.05) is 42.0 Å². The summed E-state index contributed by atoms with van der Waals surface area (Å²) in [5, 5.41) is 5.88. The number of carbonyl (C=O) groups excluding carboxylic acids is 1. The van der Waals surface area contributed by atoms with E-state index in [1.165, 1.54) is 5.56 Å². The molecule has 7 heteroatoms. The van der Waals surface area contributed by atoms with Crippen molar-refractivity contribution in [2.24, 2.45) is 15.4 Å². The van der Waals surface area contributed by atoms with Gasteiger partial charge in [-0.2, -0.15) is 0 Å². The van der Waals surface area contributed by atoms with Crippen LogP contribution in [-0.2, 0) is 4.74 Å². The number of esters is 1. The number of aromatic nitrogens is 1. The van der Waals surface area contributed by atoms with E-state index in [0.717, 1.165) is 68.3 Å². The van der Waals surface area contributed by atoms with E-state index < -0.39 is 8.07 Å². The summed E-state index contributed by atoms with van der Waals surface area (Å²) in [5.74, 6) is -0.283. The van der Waals surface area contributed by atoms with Gasteiger partial charge < -0.3 is 15.0 Å². The molecule has 1 fully saturated rings. The number of hydrogen-bond acceptors (Lipinski definition) is 5. The van der Waals surface area contributed by atoms with Crippen molar-refractivity contribution in [2.45, 2.75) is 65.0 Å². The zero-order valence-electron chi connectivity index (χ0n) is 28.7. The van der Waals surface area contributed by atoms with E-state index >= 15 is 0 Å². The van der Waals surface area contributed by atoms with Crippen molar-refractivity contribution in [3.05, 3.63) is 135 Å². The van der Waals surface area contributed by atoms with E-state index in [0.29, 0.717) is 12.2 Å². The predicted octanol–water partition coefficient (Wildman–Crippen LogP) is 6.88. The number of aliphatic imine (C=N–C) groups is 2. The topological polar surface area (TPSA) is 78.8 Å². The lowest BCUT2D eigenvalue weighted by Gasteiger charge is -2.23. The first-order valence-corrected chi connectivity index (χ1v) is 20.6. The first-order chi connectivity index (χ1) is 22.9. The second kappa shape index (κ2) is 12.5. The molecule has 244 valence electrons. The van der Waals surface area contributed by atoms with Crippen molar-refractivity contribution in [3.63, 3.8) is 0 Å². The Labute approximate surface area is 284 Å². The monoisotopic (exact) mass is 652 g/mol. The van der Waals surface area contributed by atoms with Crippen LogP contribution in [0.2, 0.25) is 25.7 Å². The van der Waals surface area contributed by atoms with E-state index in [9.17, 15) is 4.79 Å². The molecule has 2 unspecified atom stereocenters. The second-order valence-electron chi connectivity index (χ2n) is 15.2. The lowest BCUT2D eigenvalue weighted by Crippen LogP contribution is -2.33. The molecule has 1 aromatic heterocycles. The maximum Gasteiger partial charge on any atom is 0.338 e. The summed E-state index contributed by atoms with van der Waals surface area (Å²) in [5.41, 5.74) is 9.41. The molecule has 48 heavy (non-hydrogen) atoms. The van der Waals surface area contributed by atoms with Gasteiger partial charge in [-0.3, -0.25) is 0 Å². The largest absolute Gasteiger partial charge is 0.462 e. The van der Waals surface area contributed by atoms with E-state index in [2.05, 4.69) is 124 Å². The number of allylic oxidation sites excluding steroid dienone is 5. The molecular formula is C41H44N4O2Si. The smallest absolute Gasteiger partial charge is 0.338 e. The number of H-pyrrole nitrogens is 1. The number of rotatable bonds is 6. The summed E-state index contributed by atoms with van der Waals surface area (Å²) in [6.07, 6.45) is 14.0. The fourth-order valence-electron chi connectivity index (χ4n) is 6.78.